The standard InChI is InChI=1S/C2H2N2P/c1-2-5-4-3-1/h2,5H. The number of aromatic nitrogens is 2. The molecule has 2 nitrogen and oxygen atoms in total. The molecule has 0 aliphatic heterocycles. The molecule has 0 fully saturated rings. The zero-order valence-corrected chi connectivity index (χ0v) is 3.47. The first-order chi connectivity index (χ1) is 2.50. The number of hydrogen-bond acceptors (Lipinski definition) is 2. The monoisotopic (exact) mass is 85.0 g/mol. The lowest BCUT2D eigenvalue weighted by atomic mass is 11.1. The molecule has 0 saturated heterocycles. The molecule has 5 heavy (non-hydrogen) atoms. The van der Waals surface area contributed by atoms with E-state index in [9.17, 15) is 0 Å². The van der Waals surface area contributed by atoms with Crippen molar-refractivity contribution in [2.24, 2.45) is 0 Å². The molecule has 1 heterocycles. The minimum atomic E-state index is 0.531. The Bertz CT molecular complexity index is 64.1. The number of rotatable bonds is 0. The van der Waals surface area contributed by atoms with Gasteiger partial charge in [-0.1, -0.05) is 0 Å². The highest BCUT2D eigenvalue weighted by Crippen LogP contribution is 1.87. The van der Waals surface area contributed by atoms with Crippen LogP contribution in [0.5, 0.6) is 0 Å². The van der Waals surface area contributed by atoms with Gasteiger partial charge in [-0.25, -0.2) is 0 Å². The lowest BCUT2D eigenvalue weighted by molar-refractivity contribution is 1.15. The molecule has 0 N–H and O–H groups in total. The SMILES string of the molecule is [c]1c[pH]nn1. The molecule has 0 aliphatic rings. The van der Waals surface area contributed by atoms with Crippen molar-refractivity contribution in [2.45, 2.75) is 0 Å². The van der Waals surface area contributed by atoms with Crippen molar-refractivity contribution in [2.75, 3.05) is 0 Å². The summed E-state index contributed by atoms with van der Waals surface area (Å²) in [6.45, 7) is 0. The van der Waals surface area contributed by atoms with Gasteiger partial charge in [-0.2, -0.15) is 0 Å². The third kappa shape index (κ3) is 0.455. The molecule has 3 heteroatoms. The van der Waals surface area contributed by atoms with Crippen LogP contribution in [-0.2, 0) is 0 Å². The van der Waals surface area contributed by atoms with Crippen LogP contribution in [0, 0.1) is 6.20 Å². The van der Waals surface area contributed by atoms with E-state index in [1.165, 1.54) is 0 Å². The van der Waals surface area contributed by atoms with Crippen molar-refractivity contribution >= 4 is 8.35 Å². The summed E-state index contributed by atoms with van der Waals surface area (Å²) in [4.78, 5) is 3.57. The Balaban J connectivity index is 3.13. The first-order valence-electron chi connectivity index (χ1n) is 1.22. The molecule has 0 saturated carbocycles. The van der Waals surface area contributed by atoms with Crippen LogP contribution >= 0.6 is 8.35 Å². The molecule has 0 spiro atoms. The van der Waals surface area contributed by atoms with Gasteiger partial charge in [0.05, 0.1) is 0 Å². The van der Waals surface area contributed by atoms with E-state index in [2.05, 4.69) is 16.2 Å². The first-order valence-corrected chi connectivity index (χ1v) is 2.25. The normalized spacial score (nSPS) is 9.60. The molecule has 1 unspecified atom stereocenters. The summed E-state index contributed by atoms with van der Waals surface area (Å²) in [5, 5.41) is 3.42. The molecule has 0 aliphatic carbocycles. The third-order valence-corrected chi connectivity index (χ3v) is 0.768. The van der Waals surface area contributed by atoms with Crippen LogP contribution in [0.3, 0.4) is 0 Å². The lowest BCUT2D eigenvalue weighted by Gasteiger charge is -1.42. The van der Waals surface area contributed by atoms with E-state index in [1.807, 2.05) is 0 Å². The Labute approximate surface area is 31.4 Å². The third-order valence-electron chi connectivity index (χ3n) is 0.295. The van der Waals surface area contributed by atoms with E-state index in [0.717, 1.165) is 0 Å². The van der Waals surface area contributed by atoms with Gasteiger partial charge in [-0.15, -0.1) is 9.96 Å². The van der Waals surface area contributed by atoms with E-state index >= 15 is 0 Å². The van der Waals surface area contributed by atoms with Gasteiger partial charge in [0, 0.05) is 5.80 Å². The van der Waals surface area contributed by atoms with Gasteiger partial charge in [-0.3, -0.25) is 0 Å². The Hall–Kier alpha value is -0.360. The molecular weight excluding hydrogens is 83.0 g/mol. The van der Waals surface area contributed by atoms with Crippen LogP contribution in [0.2, 0.25) is 0 Å². The average molecular weight is 85.0 g/mol. The summed E-state index contributed by atoms with van der Waals surface area (Å²) in [5.74, 6) is 1.81. The quantitative estimate of drug-likeness (QED) is 0.453. The fraction of sp³-hybridized carbons (Fsp3) is 0. The minimum Gasteiger partial charge on any atom is -0.145 e. The smallest absolute Gasteiger partial charge is 0.119 e. The number of hydrogen-bond donors (Lipinski definition) is 0. The van der Waals surface area contributed by atoms with Gasteiger partial charge in [0.25, 0.3) is 0 Å². The maximum Gasteiger partial charge on any atom is 0.119 e. The highest BCUT2D eigenvalue weighted by molar-refractivity contribution is 7.24. The molecule has 25 valence electrons. The van der Waals surface area contributed by atoms with Crippen LogP contribution in [0.15, 0.2) is 5.80 Å². The van der Waals surface area contributed by atoms with E-state index in [-0.39, 0.29) is 0 Å². The second-order valence-corrected chi connectivity index (χ2v) is 1.35. The van der Waals surface area contributed by atoms with E-state index in [4.69, 9.17) is 0 Å². The summed E-state index contributed by atoms with van der Waals surface area (Å²) >= 11 is 0. The summed E-state index contributed by atoms with van der Waals surface area (Å²) in [6, 6.07) is 0. The van der Waals surface area contributed by atoms with Gasteiger partial charge >= 0.3 is 0 Å². The zero-order chi connectivity index (χ0) is 3.54. The van der Waals surface area contributed by atoms with Crippen molar-refractivity contribution in [3.8, 4) is 0 Å². The predicted molar refractivity (Wildman–Crippen MR) is 20.4 cm³/mol. The van der Waals surface area contributed by atoms with Gasteiger partial charge in [0.1, 0.15) is 6.20 Å². The first kappa shape index (κ1) is 2.86. The fourth-order valence-corrected chi connectivity index (χ4v) is 0.433. The molecule has 0 bridgehead atoms. The summed E-state index contributed by atoms with van der Waals surface area (Å²) in [5.41, 5.74) is 0. The van der Waals surface area contributed by atoms with E-state index in [1.54, 1.807) is 5.80 Å². The highest BCUT2D eigenvalue weighted by Gasteiger charge is 1.61. The lowest BCUT2D eigenvalue weighted by Crippen LogP contribution is -1.51. The van der Waals surface area contributed by atoms with Crippen molar-refractivity contribution in [1.29, 1.82) is 0 Å². The molecular formula is C2H2N2P. The Morgan fingerprint density at radius 3 is 3.00 bits per heavy atom. The van der Waals surface area contributed by atoms with Crippen LogP contribution in [0.25, 0.3) is 0 Å². The van der Waals surface area contributed by atoms with Crippen LogP contribution in [0.4, 0.5) is 0 Å². The Morgan fingerprint density at radius 1 is 1.80 bits per heavy atom. The van der Waals surface area contributed by atoms with Crippen molar-refractivity contribution in [3.63, 3.8) is 0 Å². The zero-order valence-electron chi connectivity index (χ0n) is 2.47. The Kier molecular flexibility index (Phi) is 0.673. The van der Waals surface area contributed by atoms with Crippen LogP contribution in [-0.4, -0.2) is 9.96 Å². The molecule has 1 atom stereocenters. The fourth-order valence-electron chi connectivity index (χ4n) is 0.144. The molecule has 0 amide bonds. The average Bonchev–Trinajstić information content (AvgIpc) is 1.76. The summed E-state index contributed by atoms with van der Waals surface area (Å²) < 4.78 is 0. The maximum atomic E-state index is 3.57. The summed E-state index contributed by atoms with van der Waals surface area (Å²) in [6.07, 6.45) is 2.57. The highest BCUT2D eigenvalue weighted by atomic mass is 31.0. The Morgan fingerprint density at radius 2 is 2.80 bits per heavy atom. The molecule has 1 rings (SSSR count). The van der Waals surface area contributed by atoms with Gasteiger partial charge < -0.3 is 0 Å². The molecule has 1 aromatic rings. The largest absolute Gasteiger partial charge is 0.145 e. The van der Waals surface area contributed by atoms with Gasteiger partial charge in [0.15, 0.2) is 0 Å². The summed E-state index contributed by atoms with van der Waals surface area (Å²) in [7, 11) is 0.531. The van der Waals surface area contributed by atoms with Crippen molar-refractivity contribution in [1.82, 2.24) is 9.96 Å². The van der Waals surface area contributed by atoms with Crippen LogP contribution < -0.4 is 0 Å². The maximum absolute atomic E-state index is 3.57. The predicted octanol–water partition coefficient (Wildman–Crippen LogP) is 0.308. The van der Waals surface area contributed by atoms with Crippen molar-refractivity contribution in [3.05, 3.63) is 12.0 Å². The molecule has 1 radical (unpaired) electrons. The minimum absolute atomic E-state index is 0.531. The van der Waals surface area contributed by atoms with E-state index < -0.39 is 0 Å². The van der Waals surface area contributed by atoms with Crippen LogP contribution in [0.1, 0.15) is 0 Å². The van der Waals surface area contributed by atoms with Crippen molar-refractivity contribution < 1.29 is 0 Å². The second-order valence-electron chi connectivity index (χ2n) is 0.603. The van der Waals surface area contributed by atoms with Gasteiger partial charge in [0.2, 0.25) is 0 Å². The van der Waals surface area contributed by atoms with E-state index in [0.29, 0.717) is 8.35 Å². The van der Waals surface area contributed by atoms with Gasteiger partial charge in [-0.05, 0) is 8.35 Å². The topological polar surface area (TPSA) is 25.8 Å². The molecule has 1 aromatic heterocycles. The molecule has 0 aromatic carbocycles. The second kappa shape index (κ2) is 1.18. The number of nitrogens with zero attached hydrogens (tertiary/aromatic N) is 2.